The largest absolute Gasteiger partial charge is 0.327 e. The first-order valence-corrected chi connectivity index (χ1v) is 6.39. The van der Waals surface area contributed by atoms with E-state index in [4.69, 9.17) is 5.73 Å². The van der Waals surface area contributed by atoms with E-state index in [1.54, 1.807) is 0 Å². The molecule has 0 saturated heterocycles. The van der Waals surface area contributed by atoms with Crippen molar-refractivity contribution in [2.75, 3.05) is 0 Å². The third-order valence-corrected chi connectivity index (χ3v) is 3.44. The molecule has 1 rings (SSSR count). The van der Waals surface area contributed by atoms with Crippen molar-refractivity contribution in [3.63, 3.8) is 0 Å². The summed E-state index contributed by atoms with van der Waals surface area (Å²) in [6, 6.07) is 0.144. The molecule has 2 atom stereocenters. The van der Waals surface area contributed by atoms with Gasteiger partial charge < -0.3 is 5.73 Å². The zero-order valence-corrected chi connectivity index (χ0v) is 10.2. The Kier molecular flexibility index (Phi) is 5.30. The van der Waals surface area contributed by atoms with E-state index >= 15 is 0 Å². The molecular weight excluding hydrogens is 186 g/mol. The highest BCUT2D eigenvalue weighted by molar-refractivity contribution is 5.81. The van der Waals surface area contributed by atoms with Crippen LogP contribution < -0.4 is 5.73 Å². The quantitative estimate of drug-likeness (QED) is 0.760. The highest BCUT2D eigenvalue weighted by Crippen LogP contribution is 2.25. The molecule has 0 aromatic rings. The fraction of sp³-hybridized carbons (Fsp3) is 0.923. The number of hydrogen-bond acceptors (Lipinski definition) is 2. The van der Waals surface area contributed by atoms with Crippen LogP contribution in [0.5, 0.6) is 0 Å². The molecule has 15 heavy (non-hydrogen) atoms. The zero-order valence-electron chi connectivity index (χ0n) is 10.2. The lowest BCUT2D eigenvalue weighted by Crippen LogP contribution is -2.38. The predicted molar refractivity (Wildman–Crippen MR) is 63.6 cm³/mol. The van der Waals surface area contributed by atoms with Crippen molar-refractivity contribution in [1.29, 1.82) is 0 Å². The van der Waals surface area contributed by atoms with Crippen molar-refractivity contribution < 1.29 is 4.79 Å². The van der Waals surface area contributed by atoms with Gasteiger partial charge in [-0.3, -0.25) is 4.79 Å². The molecule has 0 aliphatic heterocycles. The molecule has 0 aromatic heterocycles. The summed E-state index contributed by atoms with van der Waals surface area (Å²) in [6.45, 7) is 4.41. The molecule has 2 nitrogen and oxygen atoms in total. The van der Waals surface area contributed by atoms with E-state index in [2.05, 4.69) is 13.8 Å². The smallest absolute Gasteiger partial charge is 0.137 e. The van der Waals surface area contributed by atoms with Crippen molar-refractivity contribution in [3.05, 3.63) is 0 Å². The number of hydrogen-bond donors (Lipinski definition) is 1. The highest BCUT2D eigenvalue weighted by atomic mass is 16.1. The summed E-state index contributed by atoms with van der Waals surface area (Å²) in [4.78, 5) is 11.9. The summed E-state index contributed by atoms with van der Waals surface area (Å²) in [5.74, 6) is 1.30. The Morgan fingerprint density at radius 3 is 2.60 bits per heavy atom. The van der Waals surface area contributed by atoms with Gasteiger partial charge in [0, 0.05) is 18.4 Å². The monoisotopic (exact) mass is 211 g/mol. The van der Waals surface area contributed by atoms with Crippen LogP contribution in [-0.4, -0.2) is 11.8 Å². The highest BCUT2D eigenvalue weighted by Gasteiger charge is 2.27. The third kappa shape index (κ3) is 4.33. The van der Waals surface area contributed by atoms with Gasteiger partial charge in [0.15, 0.2) is 0 Å². The normalized spacial score (nSPS) is 26.9. The summed E-state index contributed by atoms with van der Waals surface area (Å²) < 4.78 is 0. The molecule has 2 heteroatoms. The fourth-order valence-corrected chi connectivity index (χ4v) is 2.43. The maximum Gasteiger partial charge on any atom is 0.137 e. The topological polar surface area (TPSA) is 43.1 Å². The van der Waals surface area contributed by atoms with Crippen LogP contribution in [-0.2, 0) is 4.79 Å². The van der Waals surface area contributed by atoms with E-state index in [0.29, 0.717) is 11.7 Å². The Hall–Kier alpha value is -0.370. The first-order valence-electron chi connectivity index (χ1n) is 6.39. The number of rotatable bonds is 5. The minimum Gasteiger partial charge on any atom is -0.327 e. The molecule has 1 aliphatic carbocycles. The Labute approximate surface area is 93.6 Å². The van der Waals surface area contributed by atoms with E-state index in [9.17, 15) is 4.79 Å². The van der Waals surface area contributed by atoms with Crippen molar-refractivity contribution in [2.24, 2.45) is 17.6 Å². The van der Waals surface area contributed by atoms with Gasteiger partial charge in [0.2, 0.25) is 0 Å². The van der Waals surface area contributed by atoms with Crippen LogP contribution in [0.4, 0.5) is 0 Å². The summed E-state index contributed by atoms with van der Waals surface area (Å²) in [5, 5.41) is 0. The lowest BCUT2D eigenvalue weighted by molar-refractivity contribution is -0.124. The standard InChI is InChI=1S/C13H25NO/c1-10(2)6-5-9-13(15)11-7-3-4-8-12(11)14/h10-12H,3-9,14H2,1-2H3. The predicted octanol–water partition coefficient (Wildman–Crippen LogP) is 2.90. The van der Waals surface area contributed by atoms with Crippen molar-refractivity contribution >= 4 is 5.78 Å². The van der Waals surface area contributed by atoms with Gasteiger partial charge in [0.05, 0.1) is 0 Å². The van der Waals surface area contributed by atoms with Gasteiger partial charge in [-0.15, -0.1) is 0 Å². The average molecular weight is 211 g/mol. The first kappa shape index (κ1) is 12.7. The molecular formula is C13H25NO. The van der Waals surface area contributed by atoms with Crippen LogP contribution in [0.15, 0.2) is 0 Å². The van der Waals surface area contributed by atoms with Crippen molar-refractivity contribution in [1.82, 2.24) is 0 Å². The molecule has 2 N–H and O–H groups in total. The van der Waals surface area contributed by atoms with Crippen molar-refractivity contribution in [3.8, 4) is 0 Å². The molecule has 0 spiro atoms. The molecule has 0 aromatic carbocycles. The van der Waals surface area contributed by atoms with Crippen LogP contribution in [0, 0.1) is 11.8 Å². The number of carbonyl (C=O) groups excluding carboxylic acids is 1. The summed E-state index contributed by atoms with van der Waals surface area (Å²) in [7, 11) is 0. The van der Waals surface area contributed by atoms with E-state index < -0.39 is 0 Å². The molecule has 1 aliphatic rings. The van der Waals surface area contributed by atoms with E-state index in [-0.39, 0.29) is 12.0 Å². The Morgan fingerprint density at radius 1 is 1.33 bits per heavy atom. The van der Waals surface area contributed by atoms with Gasteiger partial charge in [-0.05, 0) is 25.2 Å². The van der Waals surface area contributed by atoms with Gasteiger partial charge in [-0.25, -0.2) is 0 Å². The summed E-state index contributed by atoms with van der Waals surface area (Å²) >= 11 is 0. The maximum atomic E-state index is 11.9. The zero-order chi connectivity index (χ0) is 11.3. The number of carbonyl (C=O) groups is 1. The molecule has 0 bridgehead atoms. The van der Waals surface area contributed by atoms with Crippen LogP contribution in [0.3, 0.4) is 0 Å². The maximum absolute atomic E-state index is 11.9. The Balaban J connectivity index is 2.26. The van der Waals surface area contributed by atoms with Crippen LogP contribution in [0.25, 0.3) is 0 Å². The van der Waals surface area contributed by atoms with Crippen LogP contribution in [0.2, 0.25) is 0 Å². The lowest BCUT2D eigenvalue weighted by atomic mass is 9.81. The molecule has 2 unspecified atom stereocenters. The van der Waals surface area contributed by atoms with Gasteiger partial charge >= 0.3 is 0 Å². The minimum atomic E-state index is 0.144. The molecule has 88 valence electrons. The number of nitrogens with two attached hydrogens (primary N) is 1. The van der Waals surface area contributed by atoms with Gasteiger partial charge in [0.25, 0.3) is 0 Å². The summed E-state index contributed by atoms with van der Waals surface area (Å²) in [6.07, 6.45) is 7.41. The minimum absolute atomic E-state index is 0.144. The molecule has 0 amide bonds. The van der Waals surface area contributed by atoms with Crippen LogP contribution in [0.1, 0.15) is 58.8 Å². The van der Waals surface area contributed by atoms with E-state index in [0.717, 1.165) is 32.1 Å². The van der Waals surface area contributed by atoms with Crippen molar-refractivity contribution in [2.45, 2.75) is 64.8 Å². The number of Topliss-reactive ketones (excluding diaryl/α,β-unsaturated/α-hetero) is 1. The molecule has 0 heterocycles. The lowest BCUT2D eigenvalue weighted by Gasteiger charge is -2.27. The molecule has 1 saturated carbocycles. The SMILES string of the molecule is CC(C)CCCC(=O)C1CCCCC1N. The second-order valence-corrected chi connectivity index (χ2v) is 5.31. The Bertz CT molecular complexity index is 201. The second-order valence-electron chi connectivity index (χ2n) is 5.31. The Morgan fingerprint density at radius 2 is 2.00 bits per heavy atom. The van der Waals surface area contributed by atoms with E-state index in [1.807, 2.05) is 0 Å². The second kappa shape index (κ2) is 6.26. The molecule has 1 fully saturated rings. The average Bonchev–Trinajstić information content (AvgIpc) is 2.17. The fourth-order valence-electron chi connectivity index (χ4n) is 2.43. The molecule has 0 radical (unpaired) electrons. The van der Waals surface area contributed by atoms with Crippen LogP contribution >= 0.6 is 0 Å². The van der Waals surface area contributed by atoms with Gasteiger partial charge in [-0.1, -0.05) is 33.1 Å². The number of ketones is 1. The third-order valence-electron chi connectivity index (χ3n) is 3.44. The van der Waals surface area contributed by atoms with Gasteiger partial charge in [-0.2, -0.15) is 0 Å². The van der Waals surface area contributed by atoms with Gasteiger partial charge in [0.1, 0.15) is 5.78 Å². The van der Waals surface area contributed by atoms with E-state index in [1.165, 1.54) is 12.8 Å². The summed E-state index contributed by atoms with van der Waals surface area (Å²) in [5.41, 5.74) is 5.99. The first-order chi connectivity index (χ1) is 7.11.